The minimum atomic E-state index is -0.496. The maximum atomic E-state index is 14.7. The molecule has 0 radical (unpaired) electrons. The Morgan fingerprint density at radius 3 is 2.77 bits per heavy atom. The number of benzene rings is 1. The van der Waals surface area contributed by atoms with Gasteiger partial charge in [0.2, 0.25) is 5.91 Å². The first-order valence-electron chi connectivity index (χ1n) is 15.8. The van der Waals surface area contributed by atoms with Gasteiger partial charge in [-0.05, 0) is 92.6 Å². The maximum Gasteiger partial charge on any atom is 0.224 e. The lowest BCUT2D eigenvalue weighted by atomic mass is 9.87. The van der Waals surface area contributed by atoms with Gasteiger partial charge in [-0.3, -0.25) is 15.2 Å². The molecule has 2 aromatic heterocycles. The van der Waals surface area contributed by atoms with Crippen molar-refractivity contribution in [2.45, 2.75) is 38.5 Å². The molecule has 1 amide bonds. The normalized spacial score (nSPS) is 17.1. The first-order valence-corrected chi connectivity index (χ1v) is 20.7. The molecule has 1 fully saturated rings. The molecule has 246 valence electrons. The van der Waals surface area contributed by atoms with Crippen LogP contribution in [-0.2, 0) is 4.79 Å². The SMILES string of the molecule is CN(C)CCNc1cc(F)cc(-c2cncc3[nH]c(C(=N)C4=CC(C5=CI=CC(NC(=O)CC6CCCCC6)=C5)=IC=C4N)cc23)c1. The van der Waals surface area contributed by atoms with Gasteiger partial charge in [0.1, 0.15) is 5.82 Å². The quantitative estimate of drug-likeness (QED) is 0.103. The van der Waals surface area contributed by atoms with E-state index in [0.717, 1.165) is 47.1 Å². The number of hydrogen-bond acceptors (Lipinski definition) is 6. The van der Waals surface area contributed by atoms with Crippen LogP contribution in [0.25, 0.3) is 22.0 Å². The highest BCUT2D eigenvalue weighted by Gasteiger charge is 2.21. The van der Waals surface area contributed by atoms with Crippen LogP contribution in [-0.4, -0.2) is 61.2 Å². The largest absolute Gasteiger partial charge is 0.398 e. The fraction of sp³-hybridized carbons (Fsp3) is 0.306. The Morgan fingerprint density at radius 2 is 1.96 bits per heavy atom. The number of H-pyrrole nitrogens is 1. The number of nitrogens with two attached hydrogens (primary N) is 1. The molecule has 47 heavy (non-hydrogen) atoms. The van der Waals surface area contributed by atoms with Gasteiger partial charge in [0.05, 0.1) is 23.1 Å². The van der Waals surface area contributed by atoms with Crippen LogP contribution in [0.2, 0.25) is 0 Å². The van der Waals surface area contributed by atoms with Crippen LogP contribution in [0.3, 0.4) is 0 Å². The molecule has 6 rings (SSSR count). The average Bonchev–Trinajstić information content (AvgIpc) is 3.50. The lowest BCUT2D eigenvalue weighted by molar-refractivity contribution is -0.121. The van der Waals surface area contributed by atoms with Gasteiger partial charge in [0, 0.05) is 62.8 Å². The zero-order valence-electron chi connectivity index (χ0n) is 26.6. The first kappa shape index (κ1) is 33.6. The molecule has 0 saturated heterocycles. The van der Waals surface area contributed by atoms with Crippen LogP contribution in [0, 0.1) is 17.1 Å². The van der Waals surface area contributed by atoms with Gasteiger partial charge in [-0.2, -0.15) is 0 Å². The Morgan fingerprint density at radius 1 is 1.13 bits per heavy atom. The molecule has 2 aliphatic heterocycles. The van der Waals surface area contributed by atoms with Crippen molar-refractivity contribution >= 4 is 77.2 Å². The standard InChI is InChI=1S/C36H40FI2N7O/c1-46(2)9-8-43-26-12-23(11-25(37)14-26)30-20-42-21-34-28(30)16-33(45-34)36(41)29-15-31(39-19-32(29)40)24-13-27(18-38-17-24)44-35(47)10-22-6-4-3-5-7-22/h11-22,41,43,45H,3-10,40H2,1-2H3,(H,44,47). The molecule has 1 aromatic carbocycles. The fourth-order valence-electron chi connectivity index (χ4n) is 6.06. The molecular formula is C36H40FI2N7O. The summed E-state index contributed by atoms with van der Waals surface area (Å²) in [5, 5.41) is 16.5. The van der Waals surface area contributed by atoms with Crippen LogP contribution in [0.15, 0.2) is 79.5 Å². The number of halogens is 3. The number of allylic oxidation sites excluding steroid dienone is 5. The zero-order chi connectivity index (χ0) is 32.9. The van der Waals surface area contributed by atoms with Crippen LogP contribution in [0.5, 0.6) is 0 Å². The van der Waals surface area contributed by atoms with Crippen LogP contribution in [0.4, 0.5) is 10.1 Å². The third-order valence-corrected chi connectivity index (χ3v) is 13.1. The topological polar surface area (TPSA) is 123 Å². The second kappa shape index (κ2) is 15.3. The summed E-state index contributed by atoms with van der Waals surface area (Å²) in [5.74, 6) is 0.279. The third-order valence-electron chi connectivity index (χ3n) is 8.48. The molecule has 6 N–H and O–H groups in total. The molecule has 0 spiro atoms. The Kier molecular flexibility index (Phi) is 10.9. The fourth-order valence-corrected chi connectivity index (χ4v) is 10.6. The van der Waals surface area contributed by atoms with Crippen molar-refractivity contribution in [1.29, 1.82) is 5.41 Å². The Bertz CT molecular complexity index is 1890. The smallest absolute Gasteiger partial charge is 0.224 e. The Labute approximate surface area is 294 Å². The van der Waals surface area contributed by atoms with Crippen LogP contribution >= 0.6 is 41.5 Å². The summed E-state index contributed by atoms with van der Waals surface area (Å²) in [6.45, 7) is 1.52. The van der Waals surface area contributed by atoms with Gasteiger partial charge in [-0.25, -0.2) is 4.39 Å². The van der Waals surface area contributed by atoms with Gasteiger partial charge in [0.15, 0.2) is 0 Å². The number of pyridine rings is 1. The first-order chi connectivity index (χ1) is 22.7. The molecule has 0 atom stereocenters. The maximum absolute atomic E-state index is 14.7. The molecule has 4 heterocycles. The van der Waals surface area contributed by atoms with Crippen molar-refractivity contribution in [1.82, 2.24) is 20.2 Å². The van der Waals surface area contributed by atoms with Crippen LogP contribution < -0.4 is 16.4 Å². The predicted octanol–water partition coefficient (Wildman–Crippen LogP) is 7.23. The summed E-state index contributed by atoms with van der Waals surface area (Å²) in [6, 6.07) is 6.87. The molecule has 1 aliphatic carbocycles. The Hall–Kier alpha value is -3.30. The van der Waals surface area contributed by atoms with E-state index >= 15 is 0 Å². The summed E-state index contributed by atoms with van der Waals surface area (Å²) in [4.78, 5) is 22.7. The van der Waals surface area contributed by atoms with Crippen molar-refractivity contribution < 1.29 is 9.18 Å². The van der Waals surface area contributed by atoms with E-state index in [-0.39, 0.29) is 38.2 Å². The number of fused-ring (bicyclic) bond motifs is 1. The van der Waals surface area contributed by atoms with Crippen molar-refractivity contribution in [2.24, 2.45) is 11.7 Å². The minimum absolute atomic E-state index is 0.109. The molecular weight excluding hydrogens is 819 g/mol. The number of rotatable bonds is 11. The van der Waals surface area contributed by atoms with E-state index in [9.17, 15) is 14.6 Å². The number of anilines is 1. The number of hydrogen-bond donors (Lipinski definition) is 5. The number of carbonyl (C=O) groups excluding carboxylic acids is 1. The second-order valence-corrected chi connectivity index (χ2v) is 16.8. The van der Waals surface area contributed by atoms with Gasteiger partial charge < -0.3 is 26.3 Å². The molecule has 0 bridgehead atoms. The summed E-state index contributed by atoms with van der Waals surface area (Å²) < 4.78 is 22.4. The van der Waals surface area contributed by atoms with E-state index < -0.39 is 20.7 Å². The molecule has 11 heteroatoms. The van der Waals surface area contributed by atoms with E-state index in [4.69, 9.17) is 5.73 Å². The number of nitrogens with zero attached hydrogens (tertiary/aromatic N) is 2. The van der Waals surface area contributed by atoms with E-state index in [0.29, 0.717) is 47.1 Å². The van der Waals surface area contributed by atoms with Crippen molar-refractivity contribution in [3.8, 4) is 11.1 Å². The highest BCUT2D eigenvalue weighted by molar-refractivity contribution is 14.2. The number of aromatic nitrogens is 2. The van der Waals surface area contributed by atoms with E-state index in [1.807, 2.05) is 32.3 Å². The van der Waals surface area contributed by atoms with Crippen molar-refractivity contribution in [3.63, 3.8) is 0 Å². The van der Waals surface area contributed by atoms with Crippen molar-refractivity contribution in [3.05, 3.63) is 91.0 Å². The van der Waals surface area contributed by atoms with Gasteiger partial charge >= 0.3 is 0 Å². The Balaban J connectivity index is 1.21. The van der Waals surface area contributed by atoms with Gasteiger partial charge in [-0.15, -0.1) is 0 Å². The second-order valence-electron chi connectivity index (χ2n) is 12.4. The highest BCUT2D eigenvalue weighted by Crippen LogP contribution is 2.33. The number of likely N-dealkylation sites (N-methyl/N-ethyl adjacent to an activating group) is 1. The molecule has 3 aliphatic rings. The number of carbonyl (C=O) groups is 1. The summed E-state index contributed by atoms with van der Waals surface area (Å²) in [7, 11) is 4.00. The minimum Gasteiger partial charge on any atom is -0.398 e. The number of amides is 1. The van der Waals surface area contributed by atoms with E-state index in [1.165, 1.54) is 34.9 Å². The van der Waals surface area contributed by atoms with Crippen LogP contribution in [0.1, 0.15) is 44.2 Å². The zero-order valence-corrected chi connectivity index (χ0v) is 30.9. The van der Waals surface area contributed by atoms with E-state index in [1.54, 1.807) is 12.4 Å². The monoisotopic (exact) mass is 859 g/mol. The number of aromatic amines is 1. The summed E-state index contributed by atoms with van der Waals surface area (Å²) in [6.07, 6.45) is 14.2. The lowest BCUT2D eigenvalue weighted by Gasteiger charge is -2.21. The molecule has 0 unspecified atom stereocenters. The number of nitrogens with one attached hydrogen (secondary N) is 4. The third kappa shape index (κ3) is 8.41. The van der Waals surface area contributed by atoms with Crippen molar-refractivity contribution in [2.75, 3.05) is 32.5 Å². The lowest BCUT2D eigenvalue weighted by Crippen LogP contribution is -2.27. The molecule has 3 aromatic rings. The molecule has 8 nitrogen and oxygen atoms in total. The van der Waals surface area contributed by atoms with Gasteiger partial charge in [-0.1, -0.05) is 60.7 Å². The predicted molar refractivity (Wildman–Crippen MR) is 210 cm³/mol. The average molecular weight is 860 g/mol. The highest BCUT2D eigenvalue weighted by atomic mass is 127. The summed E-state index contributed by atoms with van der Waals surface area (Å²) in [5.41, 5.74) is 13.6. The van der Waals surface area contributed by atoms with E-state index in [2.05, 4.69) is 43.8 Å². The summed E-state index contributed by atoms with van der Waals surface area (Å²) >= 11 is -0.834. The van der Waals surface area contributed by atoms with Gasteiger partial charge in [0.25, 0.3) is 0 Å². The molecule has 1 saturated carbocycles.